The van der Waals surface area contributed by atoms with Crippen LogP contribution in [0, 0.1) is 6.92 Å². The van der Waals surface area contributed by atoms with E-state index >= 15 is 0 Å². The Balaban J connectivity index is 1.68. The lowest BCUT2D eigenvalue weighted by Crippen LogP contribution is -2.42. The summed E-state index contributed by atoms with van der Waals surface area (Å²) >= 11 is 0. The van der Waals surface area contributed by atoms with Gasteiger partial charge in [-0.3, -0.25) is 9.59 Å². The van der Waals surface area contributed by atoms with Crippen LogP contribution in [0.2, 0.25) is 0 Å². The molecule has 31 heavy (non-hydrogen) atoms. The highest BCUT2D eigenvalue weighted by atomic mass is 16.5. The summed E-state index contributed by atoms with van der Waals surface area (Å²) in [7, 11) is 0. The Morgan fingerprint density at radius 2 is 1.71 bits per heavy atom. The Bertz CT molecular complexity index is 1180. The molecule has 0 unspecified atom stereocenters. The maximum absolute atomic E-state index is 13.0. The van der Waals surface area contributed by atoms with Crippen LogP contribution in [0.4, 0.5) is 0 Å². The van der Waals surface area contributed by atoms with E-state index in [-0.39, 0.29) is 22.5 Å². The van der Waals surface area contributed by atoms with Crippen molar-refractivity contribution in [3.05, 3.63) is 69.9 Å². The first-order valence-corrected chi connectivity index (χ1v) is 10.6. The topological polar surface area (TPSA) is 76.8 Å². The molecule has 1 fully saturated rings. The predicted molar refractivity (Wildman–Crippen MR) is 118 cm³/mol. The zero-order valence-corrected chi connectivity index (χ0v) is 17.7. The molecule has 0 N–H and O–H groups in total. The van der Waals surface area contributed by atoms with Crippen LogP contribution in [0.1, 0.15) is 42.1 Å². The number of rotatable bonds is 4. The first-order chi connectivity index (χ1) is 15.0. The zero-order valence-electron chi connectivity index (χ0n) is 17.7. The number of benzene rings is 2. The molecule has 6 heteroatoms. The third kappa shape index (κ3) is 4.10. The average molecular weight is 419 g/mol. The van der Waals surface area contributed by atoms with Crippen LogP contribution >= 0.6 is 0 Å². The molecule has 160 valence electrons. The Kier molecular flexibility index (Phi) is 5.89. The van der Waals surface area contributed by atoms with Gasteiger partial charge in [0, 0.05) is 24.2 Å². The average Bonchev–Trinajstić information content (AvgIpc) is 2.81. The standard InChI is InChI=1S/C25H25NO5/c1-16-21(27)19-12-9-13-20(23(19)31-22(16)18-10-5-3-6-11-18)25(29)30-17(2)24(28)26-14-7-4-8-15-26/h3,5-6,9-13,17H,4,7-8,14-15H2,1-2H3/t17-/m0/s1. The minimum absolute atomic E-state index is 0.130. The quantitative estimate of drug-likeness (QED) is 0.589. The van der Waals surface area contributed by atoms with E-state index in [1.54, 1.807) is 36.9 Å². The fourth-order valence-corrected chi connectivity index (χ4v) is 3.98. The molecule has 2 heterocycles. The maximum atomic E-state index is 13.0. The second kappa shape index (κ2) is 8.76. The molecule has 6 nitrogen and oxygen atoms in total. The molecule has 1 atom stereocenters. The highest BCUT2D eigenvalue weighted by Gasteiger charge is 2.27. The SMILES string of the molecule is Cc1c(-c2ccccc2)oc2c(C(=O)O[C@@H](C)C(=O)N3CCCCC3)cccc2c1=O. The number of nitrogens with zero attached hydrogens (tertiary/aromatic N) is 1. The van der Waals surface area contributed by atoms with Crippen molar-refractivity contribution < 1.29 is 18.7 Å². The van der Waals surface area contributed by atoms with Gasteiger partial charge in [0.05, 0.1) is 5.39 Å². The number of esters is 1. The van der Waals surface area contributed by atoms with Crippen molar-refractivity contribution >= 4 is 22.8 Å². The molecular formula is C25H25NO5. The number of piperidine rings is 1. The van der Waals surface area contributed by atoms with Gasteiger partial charge in [0.1, 0.15) is 11.3 Å². The van der Waals surface area contributed by atoms with Gasteiger partial charge in [-0.15, -0.1) is 0 Å². The maximum Gasteiger partial charge on any atom is 0.342 e. The largest absolute Gasteiger partial charge is 0.455 e. The molecule has 1 amide bonds. The van der Waals surface area contributed by atoms with E-state index in [4.69, 9.17) is 9.15 Å². The second-order valence-electron chi connectivity index (χ2n) is 7.87. The number of amides is 1. The minimum atomic E-state index is -0.911. The number of para-hydroxylation sites is 1. The summed E-state index contributed by atoms with van der Waals surface area (Å²) < 4.78 is 11.6. The van der Waals surface area contributed by atoms with E-state index < -0.39 is 12.1 Å². The van der Waals surface area contributed by atoms with Crippen molar-refractivity contribution in [2.24, 2.45) is 0 Å². The van der Waals surface area contributed by atoms with Gasteiger partial charge < -0.3 is 14.1 Å². The molecular weight excluding hydrogens is 394 g/mol. The van der Waals surface area contributed by atoms with Gasteiger partial charge >= 0.3 is 5.97 Å². The van der Waals surface area contributed by atoms with Crippen LogP contribution in [0.15, 0.2) is 57.7 Å². The van der Waals surface area contributed by atoms with Gasteiger partial charge in [0.2, 0.25) is 0 Å². The Hall–Kier alpha value is -3.41. The molecule has 1 aliphatic rings. The summed E-state index contributed by atoms with van der Waals surface area (Å²) in [6.45, 7) is 4.65. The van der Waals surface area contributed by atoms with Crippen molar-refractivity contribution in [3.63, 3.8) is 0 Å². The van der Waals surface area contributed by atoms with Gasteiger partial charge in [-0.1, -0.05) is 36.4 Å². The number of likely N-dealkylation sites (tertiary alicyclic amines) is 1. The lowest BCUT2D eigenvalue weighted by molar-refractivity contribution is -0.140. The van der Waals surface area contributed by atoms with Crippen LogP contribution < -0.4 is 5.43 Å². The lowest BCUT2D eigenvalue weighted by Gasteiger charge is -2.28. The van der Waals surface area contributed by atoms with Gasteiger partial charge in [0.25, 0.3) is 5.91 Å². The Labute approximate surface area is 180 Å². The van der Waals surface area contributed by atoms with Crippen molar-refractivity contribution in [1.82, 2.24) is 4.90 Å². The van der Waals surface area contributed by atoms with Crippen LogP contribution in [0.5, 0.6) is 0 Å². The summed E-state index contributed by atoms with van der Waals surface area (Å²) in [4.78, 5) is 40.3. The van der Waals surface area contributed by atoms with Crippen molar-refractivity contribution in [2.45, 2.75) is 39.2 Å². The number of hydrogen-bond donors (Lipinski definition) is 0. The van der Waals surface area contributed by atoms with Gasteiger partial charge in [0.15, 0.2) is 17.1 Å². The van der Waals surface area contributed by atoms with Crippen molar-refractivity contribution in [1.29, 1.82) is 0 Å². The summed E-state index contributed by atoms with van der Waals surface area (Å²) in [5, 5.41) is 0.307. The Morgan fingerprint density at radius 1 is 1.00 bits per heavy atom. The number of carbonyl (C=O) groups is 2. The second-order valence-corrected chi connectivity index (χ2v) is 7.87. The first kappa shape index (κ1) is 20.8. The smallest absolute Gasteiger partial charge is 0.342 e. The first-order valence-electron chi connectivity index (χ1n) is 10.6. The third-order valence-electron chi connectivity index (χ3n) is 5.70. The molecule has 1 saturated heterocycles. The molecule has 0 bridgehead atoms. The van der Waals surface area contributed by atoms with E-state index in [0.717, 1.165) is 24.8 Å². The van der Waals surface area contributed by atoms with Crippen molar-refractivity contribution in [2.75, 3.05) is 13.1 Å². The van der Waals surface area contributed by atoms with Crippen LogP contribution in [0.3, 0.4) is 0 Å². The number of hydrogen-bond acceptors (Lipinski definition) is 5. The summed E-state index contributed by atoms with van der Waals surface area (Å²) in [6, 6.07) is 14.1. The molecule has 2 aromatic carbocycles. The van der Waals surface area contributed by atoms with E-state index in [1.165, 1.54) is 0 Å². The molecule has 3 aromatic rings. The van der Waals surface area contributed by atoms with Crippen LogP contribution in [-0.2, 0) is 9.53 Å². The summed E-state index contributed by atoms with van der Waals surface area (Å²) in [5.41, 5.74) is 1.31. The molecule has 0 saturated carbocycles. The molecule has 1 aliphatic heterocycles. The van der Waals surface area contributed by atoms with E-state index in [1.807, 2.05) is 30.3 Å². The number of fused-ring (bicyclic) bond motifs is 1. The molecule has 1 aromatic heterocycles. The van der Waals surface area contributed by atoms with Crippen molar-refractivity contribution in [3.8, 4) is 11.3 Å². The van der Waals surface area contributed by atoms with E-state index in [9.17, 15) is 14.4 Å². The van der Waals surface area contributed by atoms with Crippen LogP contribution in [-0.4, -0.2) is 36.0 Å². The normalized spacial score (nSPS) is 15.0. The molecule has 0 aliphatic carbocycles. The van der Waals surface area contributed by atoms with Gasteiger partial charge in [-0.2, -0.15) is 0 Å². The van der Waals surface area contributed by atoms with Crippen LogP contribution in [0.25, 0.3) is 22.3 Å². The minimum Gasteiger partial charge on any atom is -0.455 e. The zero-order chi connectivity index (χ0) is 22.0. The van der Waals surface area contributed by atoms with Gasteiger partial charge in [-0.25, -0.2) is 4.79 Å². The fraction of sp³-hybridized carbons (Fsp3) is 0.320. The number of ether oxygens (including phenoxy) is 1. The van der Waals surface area contributed by atoms with E-state index in [0.29, 0.717) is 29.8 Å². The molecule has 4 rings (SSSR count). The summed E-state index contributed by atoms with van der Waals surface area (Å²) in [6.07, 6.45) is 2.12. The highest BCUT2D eigenvalue weighted by molar-refractivity contribution is 6.03. The number of carbonyl (C=O) groups excluding carboxylic acids is 2. The fourth-order valence-electron chi connectivity index (χ4n) is 3.98. The molecule has 0 spiro atoms. The third-order valence-corrected chi connectivity index (χ3v) is 5.70. The van der Waals surface area contributed by atoms with Gasteiger partial charge in [-0.05, 0) is 45.2 Å². The summed E-state index contributed by atoms with van der Waals surface area (Å²) in [5.74, 6) is -0.471. The lowest BCUT2D eigenvalue weighted by atomic mass is 10.0. The highest BCUT2D eigenvalue weighted by Crippen LogP contribution is 2.27. The Morgan fingerprint density at radius 3 is 2.42 bits per heavy atom. The van der Waals surface area contributed by atoms with E-state index in [2.05, 4.69) is 0 Å². The monoisotopic (exact) mass is 419 g/mol. The predicted octanol–water partition coefficient (Wildman–Crippen LogP) is 4.33. The molecule has 0 radical (unpaired) electrons.